The first-order valence-corrected chi connectivity index (χ1v) is 8.11. The summed E-state index contributed by atoms with van der Waals surface area (Å²) >= 11 is 6.06. The molecule has 1 heterocycles. The molecular weight excluding hydrogens is 338 g/mol. The number of ether oxygens (including phenoxy) is 1. The molecule has 2 aromatic carbocycles. The molecule has 0 radical (unpaired) electrons. The number of carbonyl (C=O) groups is 1. The van der Waals surface area contributed by atoms with Gasteiger partial charge in [-0.3, -0.25) is 10.2 Å². The van der Waals surface area contributed by atoms with Crippen LogP contribution < -0.4 is 10.4 Å². The van der Waals surface area contributed by atoms with E-state index >= 15 is 0 Å². The molecular formula is C19H18ClN3O2. The number of halogens is 1. The molecule has 1 aromatic heterocycles. The molecule has 5 nitrogen and oxygen atoms in total. The Morgan fingerprint density at radius 1 is 1.20 bits per heavy atom. The van der Waals surface area contributed by atoms with Crippen molar-refractivity contribution >= 4 is 17.4 Å². The minimum Gasteiger partial charge on any atom is -0.497 e. The molecule has 128 valence electrons. The molecule has 6 heteroatoms. The molecule has 0 aliphatic rings. The minimum absolute atomic E-state index is 0.0654. The number of Topliss-reactive ketones (excluding diaryl/α,β-unsaturated/α-hetero) is 1. The Bertz CT molecular complexity index is 971. The van der Waals surface area contributed by atoms with Crippen LogP contribution in [0, 0.1) is 5.41 Å². The molecule has 0 spiro atoms. The number of imidazole rings is 1. The van der Waals surface area contributed by atoms with Crippen molar-refractivity contribution < 1.29 is 9.53 Å². The number of ketones is 1. The first-order chi connectivity index (χ1) is 12.0. The lowest BCUT2D eigenvalue weighted by molar-refractivity contribution is 0.0970. The predicted octanol–water partition coefficient (Wildman–Crippen LogP) is 3.52. The Kier molecular flexibility index (Phi) is 4.76. The van der Waals surface area contributed by atoms with E-state index in [2.05, 4.69) is 0 Å². The summed E-state index contributed by atoms with van der Waals surface area (Å²) in [6, 6.07) is 14.4. The van der Waals surface area contributed by atoms with Crippen molar-refractivity contribution in [3.05, 3.63) is 70.9 Å². The fourth-order valence-electron chi connectivity index (χ4n) is 2.66. The molecule has 0 amide bonds. The van der Waals surface area contributed by atoms with E-state index in [1.807, 2.05) is 18.2 Å². The molecule has 0 aliphatic heterocycles. The molecule has 0 unspecified atom stereocenters. The Balaban J connectivity index is 1.89. The summed E-state index contributed by atoms with van der Waals surface area (Å²) in [6.07, 6.45) is 1.80. The smallest absolute Gasteiger partial charge is 0.202 e. The van der Waals surface area contributed by atoms with Gasteiger partial charge in [0.2, 0.25) is 5.62 Å². The van der Waals surface area contributed by atoms with Gasteiger partial charge in [0, 0.05) is 29.4 Å². The van der Waals surface area contributed by atoms with Gasteiger partial charge in [0.05, 0.1) is 19.3 Å². The second-order valence-electron chi connectivity index (χ2n) is 5.69. The number of hydrogen-bond donors (Lipinski definition) is 1. The summed E-state index contributed by atoms with van der Waals surface area (Å²) < 4.78 is 8.46. The fourth-order valence-corrected chi connectivity index (χ4v) is 2.85. The first kappa shape index (κ1) is 17.0. The summed E-state index contributed by atoms with van der Waals surface area (Å²) in [5, 5.41) is 8.89. The van der Waals surface area contributed by atoms with Gasteiger partial charge in [-0.1, -0.05) is 23.7 Å². The standard InChI is InChI=1S/C19H18ClN3O2/c1-22-17(14-4-3-5-15(20)10-14)11-23(19(22)21)12-18(24)13-6-8-16(25-2)9-7-13/h3-11,21H,12H2,1-2H3. The number of rotatable bonds is 5. The second kappa shape index (κ2) is 6.99. The summed E-state index contributed by atoms with van der Waals surface area (Å²) in [5.41, 5.74) is 2.56. The zero-order chi connectivity index (χ0) is 18.0. The van der Waals surface area contributed by atoms with E-state index in [4.69, 9.17) is 21.7 Å². The van der Waals surface area contributed by atoms with Gasteiger partial charge in [0.15, 0.2) is 5.78 Å². The first-order valence-electron chi connectivity index (χ1n) is 7.73. The van der Waals surface area contributed by atoms with E-state index in [-0.39, 0.29) is 17.9 Å². The van der Waals surface area contributed by atoms with Crippen molar-refractivity contribution in [2.24, 2.45) is 7.05 Å². The van der Waals surface area contributed by atoms with Crippen LogP contribution in [-0.4, -0.2) is 22.0 Å². The highest BCUT2D eigenvalue weighted by atomic mass is 35.5. The van der Waals surface area contributed by atoms with Crippen LogP contribution in [0.2, 0.25) is 5.02 Å². The van der Waals surface area contributed by atoms with Gasteiger partial charge in [-0.2, -0.15) is 0 Å². The number of nitrogens with zero attached hydrogens (tertiary/aromatic N) is 2. The number of carbonyl (C=O) groups excluding carboxylic acids is 1. The van der Waals surface area contributed by atoms with Crippen molar-refractivity contribution in [1.29, 1.82) is 5.41 Å². The molecule has 0 saturated heterocycles. The number of methoxy groups -OCH3 is 1. The molecule has 0 bridgehead atoms. The van der Waals surface area contributed by atoms with Crippen LogP contribution in [-0.2, 0) is 13.6 Å². The zero-order valence-electron chi connectivity index (χ0n) is 14.0. The Labute approximate surface area is 150 Å². The summed E-state index contributed by atoms with van der Waals surface area (Å²) in [5.74, 6) is 0.637. The molecule has 0 fully saturated rings. The largest absolute Gasteiger partial charge is 0.497 e. The maximum Gasteiger partial charge on any atom is 0.202 e. The van der Waals surface area contributed by atoms with Crippen LogP contribution in [0.1, 0.15) is 10.4 Å². The molecule has 3 aromatic rings. The van der Waals surface area contributed by atoms with E-state index in [0.717, 1.165) is 11.3 Å². The van der Waals surface area contributed by atoms with Crippen LogP contribution in [0.25, 0.3) is 11.3 Å². The molecule has 0 aliphatic carbocycles. The van der Waals surface area contributed by atoms with Gasteiger partial charge >= 0.3 is 0 Å². The Morgan fingerprint density at radius 3 is 2.56 bits per heavy atom. The van der Waals surface area contributed by atoms with Crippen molar-refractivity contribution in [3.63, 3.8) is 0 Å². The number of aromatic nitrogens is 2. The van der Waals surface area contributed by atoms with Crippen LogP contribution in [0.5, 0.6) is 5.75 Å². The van der Waals surface area contributed by atoms with Crippen molar-refractivity contribution in [3.8, 4) is 17.0 Å². The lowest BCUT2D eigenvalue weighted by Gasteiger charge is -2.04. The normalized spacial score (nSPS) is 10.7. The SMILES string of the molecule is COc1ccc(C(=O)Cn2cc(-c3cccc(Cl)c3)n(C)c2=N)cc1. The average Bonchev–Trinajstić information content (AvgIpc) is 2.90. The van der Waals surface area contributed by atoms with Gasteiger partial charge < -0.3 is 13.9 Å². The van der Waals surface area contributed by atoms with Crippen LogP contribution in [0.15, 0.2) is 54.7 Å². The topological polar surface area (TPSA) is 60.0 Å². The van der Waals surface area contributed by atoms with Gasteiger partial charge in [0.25, 0.3) is 0 Å². The van der Waals surface area contributed by atoms with Crippen LogP contribution in [0.3, 0.4) is 0 Å². The maximum absolute atomic E-state index is 12.5. The van der Waals surface area contributed by atoms with Gasteiger partial charge in [-0.15, -0.1) is 0 Å². The van der Waals surface area contributed by atoms with Gasteiger partial charge in [0.1, 0.15) is 5.75 Å². The van der Waals surface area contributed by atoms with E-state index in [0.29, 0.717) is 16.3 Å². The Hall–Kier alpha value is -2.79. The summed E-state index contributed by atoms with van der Waals surface area (Å²) in [4.78, 5) is 12.5. The third kappa shape index (κ3) is 3.51. The van der Waals surface area contributed by atoms with Crippen LogP contribution in [0.4, 0.5) is 0 Å². The average molecular weight is 356 g/mol. The minimum atomic E-state index is -0.0654. The lowest BCUT2D eigenvalue weighted by atomic mass is 10.1. The monoisotopic (exact) mass is 355 g/mol. The van der Waals surface area contributed by atoms with Gasteiger partial charge in [-0.05, 0) is 36.4 Å². The number of hydrogen-bond acceptors (Lipinski definition) is 3. The number of benzene rings is 2. The van der Waals surface area contributed by atoms with E-state index in [9.17, 15) is 4.79 Å². The molecule has 1 N–H and O–H groups in total. The third-order valence-corrected chi connectivity index (χ3v) is 4.31. The molecule has 0 saturated carbocycles. The summed E-state index contributed by atoms with van der Waals surface area (Å²) in [6.45, 7) is 0.0968. The molecule has 25 heavy (non-hydrogen) atoms. The zero-order valence-corrected chi connectivity index (χ0v) is 14.7. The highest BCUT2D eigenvalue weighted by Gasteiger charge is 2.12. The molecule has 0 atom stereocenters. The summed E-state index contributed by atoms with van der Waals surface area (Å²) in [7, 11) is 3.38. The van der Waals surface area contributed by atoms with Gasteiger partial charge in [-0.25, -0.2) is 0 Å². The fraction of sp³-hybridized carbons (Fsp3) is 0.158. The third-order valence-electron chi connectivity index (χ3n) is 4.08. The van der Waals surface area contributed by atoms with Crippen LogP contribution >= 0.6 is 11.6 Å². The number of nitrogens with one attached hydrogen (secondary N) is 1. The van der Waals surface area contributed by atoms with Crippen molar-refractivity contribution in [1.82, 2.24) is 9.13 Å². The van der Waals surface area contributed by atoms with E-state index in [1.165, 1.54) is 0 Å². The van der Waals surface area contributed by atoms with Crippen molar-refractivity contribution in [2.45, 2.75) is 6.54 Å². The lowest BCUT2D eigenvalue weighted by Crippen LogP contribution is -2.25. The highest BCUT2D eigenvalue weighted by Crippen LogP contribution is 2.21. The van der Waals surface area contributed by atoms with E-state index < -0.39 is 0 Å². The highest BCUT2D eigenvalue weighted by molar-refractivity contribution is 6.30. The molecule has 3 rings (SSSR count). The Morgan fingerprint density at radius 2 is 1.92 bits per heavy atom. The second-order valence-corrected chi connectivity index (χ2v) is 6.12. The van der Waals surface area contributed by atoms with Crippen molar-refractivity contribution in [2.75, 3.05) is 7.11 Å². The predicted molar refractivity (Wildman–Crippen MR) is 97.0 cm³/mol. The maximum atomic E-state index is 12.5. The van der Waals surface area contributed by atoms with E-state index in [1.54, 1.807) is 59.8 Å². The quantitative estimate of drug-likeness (QED) is 0.712.